The van der Waals surface area contributed by atoms with Gasteiger partial charge in [0.2, 0.25) is 0 Å². The van der Waals surface area contributed by atoms with Crippen LogP contribution in [0.2, 0.25) is 0 Å². The van der Waals surface area contributed by atoms with Crippen molar-refractivity contribution in [3.8, 4) is 0 Å². The van der Waals surface area contributed by atoms with Crippen LogP contribution in [0.25, 0.3) is 0 Å². The maximum Gasteiger partial charge on any atom is 0.127 e. The fourth-order valence-corrected chi connectivity index (χ4v) is 2.30. The van der Waals surface area contributed by atoms with Gasteiger partial charge >= 0.3 is 0 Å². The van der Waals surface area contributed by atoms with Gasteiger partial charge in [-0.1, -0.05) is 55.0 Å². The molecule has 0 aliphatic heterocycles. The lowest BCUT2D eigenvalue weighted by atomic mass is 10.0. The molecule has 1 N–H and O–H groups in total. The van der Waals surface area contributed by atoms with Crippen molar-refractivity contribution in [3.63, 3.8) is 0 Å². The summed E-state index contributed by atoms with van der Waals surface area (Å²) in [6, 6.07) is 15.4. The summed E-state index contributed by atoms with van der Waals surface area (Å²) in [5, 5.41) is 3.43. The molecule has 1 atom stereocenters. The summed E-state index contributed by atoms with van der Waals surface area (Å²) in [4.78, 5) is 0. The van der Waals surface area contributed by atoms with E-state index >= 15 is 0 Å². The minimum absolute atomic E-state index is 0.0571. The molecule has 2 heteroatoms. The van der Waals surface area contributed by atoms with Crippen LogP contribution in [-0.4, -0.2) is 0 Å². The Balaban J connectivity index is 2.06. The first-order valence-electron chi connectivity index (χ1n) is 6.74. The molecule has 2 rings (SSSR count). The molecule has 0 amide bonds. The first-order valence-corrected chi connectivity index (χ1v) is 6.74. The van der Waals surface area contributed by atoms with Crippen molar-refractivity contribution < 1.29 is 4.39 Å². The van der Waals surface area contributed by atoms with E-state index in [1.807, 2.05) is 12.1 Å². The fraction of sp³-hybridized carbons (Fsp3) is 0.294. The van der Waals surface area contributed by atoms with Crippen LogP contribution in [0, 0.1) is 12.7 Å². The van der Waals surface area contributed by atoms with Crippen molar-refractivity contribution in [1.82, 2.24) is 5.32 Å². The van der Waals surface area contributed by atoms with Gasteiger partial charge in [0.05, 0.1) is 0 Å². The molecule has 0 spiro atoms. The first-order chi connectivity index (χ1) is 9.20. The van der Waals surface area contributed by atoms with Gasteiger partial charge < -0.3 is 5.32 Å². The van der Waals surface area contributed by atoms with Crippen LogP contribution in [-0.2, 0) is 6.54 Å². The third-order valence-corrected chi connectivity index (χ3v) is 3.32. The predicted molar refractivity (Wildman–Crippen MR) is 77.5 cm³/mol. The van der Waals surface area contributed by atoms with E-state index in [9.17, 15) is 4.39 Å². The summed E-state index contributed by atoms with van der Waals surface area (Å²) in [6.45, 7) is 4.91. The van der Waals surface area contributed by atoms with Gasteiger partial charge in [0.1, 0.15) is 5.82 Å². The van der Waals surface area contributed by atoms with E-state index in [1.165, 1.54) is 17.2 Å². The lowest BCUT2D eigenvalue weighted by Gasteiger charge is -2.18. The molecule has 19 heavy (non-hydrogen) atoms. The largest absolute Gasteiger partial charge is 0.306 e. The molecule has 0 heterocycles. The normalized spacial score (nSPS) is 12.4. The highest BCUT2D eigenvalue weighted by atomic mass is 19.1. The molecular formula is C17H20FN. The minimum Gasteiger partial charge on any atom is -0.306 e. The Bertz CT molecular complexity index is 536. The molecule has 0 saturated carbocycles. The number of rotatable bonds is 5. The monoisotopic (exact) mass is 257 g/mol. The average molecular weight is 257 g/mol. The SMILES string of the molecule is CCC(NCc1cccc(C)c1)c1ccccc1F. The highest BCUT2D eigenvalue weighted by Crippen LogP contribution is 2.20. The molecule has 0 saturated heterocycles. The van der Waals surface area contributed by atoms with Crippen LogP contribution in [0.3, 0.4) is 0 Å². The minimum atomic E-state index is -0.133. The molecule has 1 nitrogen and oxygen atoms in total. The lowest BCUT2D eigenvalue weighted by molar-refractivity contribution is 0.488. The van der Waals surface area contributed by atoms with Gasteiger partial charge in [-0.05, 0) is 25.0 Å². The smallest absolute Gasteiger partial charge is 0.127 e. The van der Waals surface area contributed by atoms with Crippen LogP contribution in [0.5, 0.6) is 0 Å². The molecule has 2 aromatic rings. The van der Waals surface area contributed by atoms with Gasteiger partial charge in [0, 0.05) is 18.2 Å². The highest BCUT2D eigenvalue weighted by Gasteiger charge is 2.12. The maximum absolute atomic E-state index is 13.8. The maximum atomic E-state index is 13.8. The summed E-state index contributed by atoms with van der Waals surface area (Å²) in [7, 11) is 0. The Morgan fingerprint density at radius 2 is 1.89 bits per heavy atom. The third-order valence-electron chi connectivity index (χ3n) is 3.32. The van der Waals surface area contributed by atoms with Crippen molar-refractivity contribution in [2.24, 2.45) is 0 Å². The summed E-state index contributed by atoms with van der Waals surface area (Å²) in [6.07, 6.45) is 0.868. The standard InChI is InChI=1S/C17H20FN/c1-3-17(15-9-4-5-10-16(15)18)19-12-14-8-6-7-13(2)11-14/h4-11,17,19H,3,12H2,1-2H3. The van der Waals surface area contributed by atoms with Crippen LogP contribution < -0.4 is 5.32 Å². The number of hydrogen-bond acceptors (Lipinski definition) is 1. The summed E-state index contributed by atoms with van der Waals surface area (Å²) >= 11 is 0. The molecule has 100 valence electrons. The van der Waals surface area contributed by atoms with E-state index < -0.39 is 0 Å². The molecule has 0 aliphatic rings. The topological polar surface area (TPSA) is 12.0 Å². The molecule has 0 aromatic heterocycles. The number of aryl methyl sites for hydroxylation is 1. The zero-order chi connectivity index (χ0) is 13.7. The van der Waals surface area contributed by atoms with Crippen molar-refractivity contribution >= 4 is 0 Å². The predicted octanol–water partition coefficient (Wildman–Crippen LogP) is 4.38. The second kappa shape index (κ2) is 6.48. The Hall–Kier alpha value is -1.67. The zero-order valence-corrected chi connectivity index (χ0v) is 11.5. The van der Waals surface area contributed by atoms with Crippen molar-refractivity contribution in [3.05, 3.63) is 71.0 Å². The Morgan fingerprint density at radius 3 is 2.58 bits per heavy atom. The van der Waals surface area contributed by atoms with E-state index in [2.05, 4.69) is 43.4 Å². The number of benzene rings is 2. The fourth-order valence-electron chi connectivity index (χ4n) is 2.30. The van der Waals surface area contributed by atoms with Gasteiger partial charge in [0.25, 0.3) is 0 Å². The van der Waals surface area contributed by atoms with E-state index in [0.717, 1.165) is 18.5 Å². The summed E-state index contributed by atoms with van der Waals surface area (Å²) < 4.78 is 13.8. The molecule has 0 aliphatic carbocycles. The average Bonchev–Trinajstić information content (AvgIpc) is 2.41. The van der Waals surface area contributed by atoms with E-state index in [4.69, 9.17) is 0 Å². The number of nitrogens with one attached hydrogen (secondary N) is 1. The van der Waals surface area contributed by atoms with Crippen molar-refractivity contribution in [2.75, 3.05) is 0 Å². The van der Waals surface area contributed by atoms with Gasteiger partial charge in [-0.15, -0.1) is 0 Å². The second-order valence-corrected chi connectivity index (χ2v) is 4.85. The van der Waals surface area contributed by atoms with E-state index in [0.29, 0.717) is 0 Å². The summed E-state index contributed by atoms with van der Waals surface area (Å²) in [5.74, 6) is -0.133. The van der Waals surface area contributed by atoms with Crippen LogP contribution in [0.1, 0.15) is 36.1 Å². The second-order valence-electron chi connectivity index (χ2n) is 4.85. The lowest BCUT2D eigenvalue weighted by Crippen LogP contribution is -2.21. The van der Waals surface area contributed by atoms with E-state index in [1.54, 1.807) is 6.07 Å². The quantitative estimate of drug-likeness (QED) is 0.838. The van der Waals surface area contributed by atoms with E-state index in [-0.39, 0.29) is 11.9 Å². The zero-order valence-electron chi connectivity index (χ0n) is 11.5. The molecule has 1 unspecified atom stereocenters. The number of hydrogen-bond donors (Lipinski definition) is 1. The highest BCUT2D eigenvalue weighted by molar-refractivity contribution is 5.24. The van der Waals surface area contributed by atoms with Gasteiger partial charge in [-0.25, -0.2) is 4.39 Å². The molecule has 0 bridgehead atoms. The van der Waals surface area contributed by atoms with Crippen molar-refractivity contribution in [2.45, 2.75) is 32.9 Å². The van der Waals surface area contributed by atoms with Crippen molar-refractivity contribution in [1.29, 1.82) is 0 Å². The molecule has 0 fully saturated rings. The van der Waals surface area contributed by atoms with Gasteiger partial charge in [-0.3, -0.25) is 0 Å². The van der Waals surface area contributed by atoms with Gasteiger partial charge in [-0.2, -0.15) is 0 Å². The van der Waals surface area contributed by atoms with Crippen LogP contribution in [0.15, 0.2) is 48.5 Å². The Morgan fingerprint density at radius 1 is 1.11 bits per heavy atom. The number of halogens is 1. The summed E-state index contributed by atoms with van der Waals surface area (Å²) in [5.41, 5.74) is 3.23. The molecular weight excluding hydrogens is 237 g/mol. The Kier molecular flexibility index (Phi) is 4.69. The first kappa shape index (κ1) is 13.8. The molecule has 2 aromatic carbocycles. The third kappa shape index (κ3) is 3.65. The van der Waals surface area contributed by atoms with Crippen LogP contribution >= 0.6 is 0 Å². The van der Waals surface area contributed by atoms with Crippen LogP contribution in [0.4, 0.5) is 4.39 Å². The van der Waals surface area contributed by atoms with Gasteiger partial charge in [0.15, 0.2) is 0 Å². The molecule has 0 radical (unpaired) electrons. The Labute approximate surface area is 114 Å².